The van der Waals surface area contributed by atoms with Gasteiger partial charge < -0.3 is 10.2 Å². The molecule has 0 aromatic heterocycles. The molecule has 0 spiro atoms. The molecular weight excluding hydrogens is 217 g/mol. The molecule has 0 rings (SSSR count). The first kappa shape index (κ1) is 15.7. The number of alkyl halides is 3. The van der Waals surface area contributed by atoms with E-state index >= 15 is 0 Å². The number of hydrogen-bond acceptors (Lipinski definition) is 2. The van der Waals surface area contributed by atoms with Crippen molar-refractivity contribution in [3.63, 3.8) is 0 Å². The SMILES string of the molecule is CN(CCCC(F)(F)F)CCNC(C)(C)C. The average molecular weight is 240 g/mol. The second kappa shape index (κ2) is 6.45. The highest BCUT2D eigenvalue weighted by Crippen LogP contribution is 2.21. The summed E-state index contributed by atoms with van der Waals surface area (Å²) in [6.07, 6.45) is -4.54. The fourth-order valence-electron chi connectivity index (χ4n) is 1.28. The van der Waals surface area contributed by atoms with E-state index in [0.29, 0.717) is 6.54 Å². The summed E-state index contributed by atoms with van der Waals surface area (Å²) in [5, 5.41) is 3.30. The summed E-state index contributed by atoms with van der Waals surface area (Å²) in [6, 6.07) is 0. The Morgan fingerprint density at radius 2 is 1.62 bits per heavy atom. The van der Waals surface area contributed by atoms with Gasteiger partial charge in [0.05, 0.1) is 0 Å². The predicted octanol–water partition coefficient (Wildman–Crippen LogP) is 2.65. The smallest absolute Gasteiger partial charge is 0.311 e. The minimum atomic E-state index is -4.02. The van der Waals surface area contributed by atoms with E-state index in [1.165, 1.54) is 0 Å². The van der Waals surface area contributed by atoms with Crippen molar-refractivity contribution >= 4 is 0 Å². The third kappa shape index (κ3) is 11.8. The zero-order chi connectivity index (χ0) is 12.8. The Kier molecular flexibility index (Phi) is 6.33. The predicted molar refractivity (Wildman–Crippen MR) is 60.5 cm³/mol. The number of nitrogens with one attached hydrogen (secondary N) is 1. The van der Waals surface area contributed by atoms with Crippen molar-refractivity contribution < 1.29 is 13.2 Å². The van der Waals surface area contributed by atoms with Gasteiger partial charge in [-0.25, -0.2) is 0 Å². The Hall–Kier alpha value is -0.290. The standard InChI is InChI=1S/C11H23F3N2/c1-10(2,3)15-7-9-16(4)8-5-6-11(12,13)14/h15H,5-9H2,1-4H3. The minimum Gasteiger partial charge on any atom is -0.311 e. The Morgan fingerprint density at radius 1 is 1.06 bits per heavy atom. The molecule has 0 unspecified atom stereocenters. The number of halogens is 3. The van der Waals surface area contributed by atoms with E-state index in [-0.39, 0.29) is 12.0 Å². The number of rotatable bonds is 6. The van der Waals surface area contributed by atoms with Gasteiger partial charge in [-0.1, -0.05) is 0 Å². The maximum Gasteiger partial charge on any atom is 0.389 e. The van der Waals surface area contributed by atoms with Crippen molar-refractivity contribution in [2.24, 2.45) is 0 Å². The molecule has 0 aliphatic heterocycles. The van der Waals surface area contributed by atoms with Crippen molar-refractivity contribution in [3.05, 3.63) is 0 Å². The molecule has 1 N–H and O–H groups in total. The van der Waals surface area contributed by atoms with Crippen LogP contribution in [0.5, 0.6) is 0 Å². The van der Waals surface area contributed by atoms with Crippen LogP contribution in [0.4, 0.5) is 13.2 Å². The van der Waals surface area contributed by atoms with Crippen LogP contribution in [-0.2, 0) is 0 Å². The molecule has 0 aliphatic carbocycles. The van der Waals surface area contributed by atoms with Crippen molar-refractivity contribution in [3.8, 4) is 0 Å². The fourth-order valence-corrected chi connectivity index (χ4v) is 1.28. The topological polar surface area (TPSA) is 15.3 Å². The number of hydrogen-bond donors (Lipinski definition) is 1. The molecule has 16 heavy (non-hydrogen) atoms. The first-order valence-corrected chi connectivity index (χ1v) is 5.60. The molecule has 0 amide bonds. The highest BCUT2D eigenvalue weighted by atomic mass is 19.4. The molecule has 98 valence electrons. The summed E-state index contributed by atoms with van der Waals surface area (Å²) in [7, 11) is 1.85. The second-order valence-corrected chi connectivity index (χ2v) is 5.20. The maximum atomic E-state index is 11.9. The minimum absolute atomic E-state index is 0.0623. The van der Waals surface area contributed by atoms with Crippen LogP contribution in [0, 0.1) is 0 Å². The monoisotopic (exact) mass is 240 g/mol. The normalized spacial score (nSPS) is 13.5. The molecule has 0 bridgehead atoms. The van der Waals surface area contributed by atoms with E-state index in [1.54, 1.807) is 0 Å². The van der Waals surface area contributed by atoms with Crippen molar-refractivity contribution in [2.75, 3.05) is 26.7 Å². The number of likely N-dealkylation sites (N-methyl/N-ethyl adjacent to an activating group) is 1. The Balaban J connectivity index is 3.49. The highest BCUT2D eigenvalue weighted by molar-refractivity contribution is 4.70. The lowest BCUT2D eigenvalue weighted by Crippen LogP contribution is -2.40. The molecule has 2 nitrogen and oxygen atoms in total. The van der Waals surface area contributed by atoms with Gasteiger partial charge >= 0.3 is 6.18 Å². The van der Waals surface area contributed by atoms with E-state index < -0.39 is 12.6 Å². The Morgan fingerprint density at radius 3 is 2.06 bits per heavy atom. The summed E-state index contributed by atoms with van der Waals surface area (Å²) < 4.78 is 35.7. The third-order valence-corrected chi connectivity index (χ3v) is 2.15. The molecule has 0 heterocycles. The zero-order valence-corrected chi connectivity index (χ0v) is 10.6. The molecule has 0 atom stereocenters. The molecule has 0 saturated heterocycles. The van der Waals surface area contributed by atoms with Gasteiger partial charge in [-0.05, 0) is 40.8 Å². The van der Waals surface area contributed by atoms with E-state index in [9.17, 15) is 13.2 Å². The highest BCUT2D eigenvalue weighted by Gasteiger charge is 2.26. The molecule has 0 radical (unpaired) electrons. The van der Waals surface area contributed by atoms with Crippen LogP contribution in [-0.4, -0.2) is 43.3 Å². The molecule has 0 saturated carbocycles. The molecular formula is C11H23F3N2. The van der Waals surface area contributed by atoms with Crippen LogP contribution < -0.4 is 5.32 Å². The van der Waals surface area contributed by atoms with Crippen LogP contribution in [0.1, 0.15) is 33.6 Å². The average Bonchev–Trinajstić information content (AvgIpc) is 1.98. The molecule has 0 aliphatic rings. The molecule has 0 aromatic rings. The zero-order valence-electron chi connectivity index (χ0n) is 10.6. The van der Waals surface area contributed by atoms with Gasteiger partial charge in [0.2, 0.25) is 0 Å². The largest absolute Gasteiger partial charge is 0.389 e. The molecule has 0 fully saturated rings. The Bertz CT molecular complexity index is 165. The second-order valence-electron chi connectivity index (χ2n) is 5.20. The van der Waals surface area contributed by atoms with Crippen LogP contribution in [0.25, 0.3) is 0 Å². The van der Waals surface area contributed by atoms with Gasteiger partial charge in [0.1, 0.15) is 0 Å². The molecule has 5 heteroatoms. The Labute approximate surface area is 96.2 Å². The van der Waals surface area contributed by atoms with Crippen molar-refractivity contribution in [1.82, 2.24) is 10.2 Å². The van der Waals surface area contributed by atoms with Crippen LogP contribution in [0.3, 0.4) is 0 Å². The van der Waals surface area contributed by atoms with E-state index in [1.807, 2.05) is 11.9 Å². The summed E-state index contributed by atoms with van der Waals surface area (Å²) in [6.45, 7) is 8.26. The van der Waals surface area contributed by atoms with E-state index in [2.05, 4.69) is 26.1 Å². The third-order valence-electron chi connectivity index (χ3n) is 2.15. The lowest BCUT2D eigenvalue weighted by Gasteiger charge is -2.23. The maximum absolute atomic E-state index is 11.9. The quantitative estimate of drug-likeness (QED) is 0.768. The van der Waals surface area contributed by atoms with Gasteiger partial charge in [0.25, 0.3) is 0 Å². The van der Waals surface area contributed by atoms with Gasteiger partial charge in [-0.3, -0.25) is 0 Å². The first-order chi connectivity index (χ1) is 7.10. The summed E-state index contributed by atoms with van der Waals surface area (Å²) in [4.78, 5) is 1.92. The molecule has 0 aromatic carbocycles. The summed E-state index contributed by atoms with van der Waals surface area (Å²) in [5.41, 5.74) is 0.0623. The van der Waals surface area contributed by atoms with E-state index in [0.717, 1.165) is 13.1 Å². The van der Waals surface area contributed by atoms with Crippen LogP contribution in [0.2, 0.25) is 0 Å². The van der Waals surface area contributed by atoms with E-state index in [4.69, 9.17) is 0 Å². The summed E-state index contributed by atoms with van der Waals surface area (Å²) >= 11 is 0. The van der Waals surface area contributed by atoms with Crippen molar-refractivity contribution in [1.29, 1.82) is 0 Å². The van der Waals surface area contributed by atoms with Gasteiger partial charge in [-0.15, -0.1) is 0 Å². The van der Waals surface area contributed by atoms with Gasteiger partial charge in [0, 0.05) is 25.0 Å². The van der Waals surface area contributed by atoms with Crippen molar-refractivity contribution in [2.45, 2.75) is 45.3 Å². The fraction of sp³-hybridized carbons (Fsp3) is 1.00. The first-order valence-electron chi connectivity index (χ1n) is 5.60. The van der Waals surface area contributed by atoms with Gasteiger partial charge in [-0.2, -0.15) is 13.2 Å². The summed E-state index contributed by atoms with van der Waals surface area (Å²) in [5.74, 6) is 0. The van der Waals surface area contributed by atoms with Gasteiger partial charge in [0.15, 0.2) is 0 Å². The van der Waals surface area contributed by atoms with Crippen LogP contribution >= 0.6 is 0 Å². The lowest BCUT2D eigenvalue weighted by molar-refractivity contribution is -0.136. The van der Waals surface area contributed by atoms with Crippen LogP contribution in [0.15, 0.2) is 0 Å². The lowest BCUT2D eigenvalue weighted by atomic mass is 10.1. The number of nitrogens with zero attached hydrogens (tertiary/aromatic N) is 1.